The molecule has 0 saturated carbocycles. The zero-order valence-corrected chi connectivity index (χ0v) is 18.8. The lowest BCUT2D eigenvalue weighted by molar-refractivity contribution is -0.139. The predicted molar refractivity (Wildman–Crippen MR) is 119 cm³/mol. The second-order valence-electron chi connectivity index (χ2n) is 8.99. The molecule has 1 aromatic rings. The molecule has 0 bridgehead atoms. The molecule has 2 unspecified atom stereocenters. The summed E-state index contributed by atoms with van der Waals surface area (Å²) in [5.74, 6) is 0.449. The number of likely N-dealkylation sites (tertiary alicyclic amines) is 1. The molecule has 2 amide bonds. The molecule has 0 aromatic heterocycles. The number of rotatable bonds is 6. The van der Waals surface area contributed by atoms with Crippen LogP contribution in [-0.2, 0) is 14.3 Å². The van der Waals surface area contributed by atoms with Crippen molar-refractivity contribution >= 4 is 17.6 Å². The molecule has 0 aliphatic carbocycles. The summed E-state index contributed by atoms with van der Waals surface area (Å²) in [4.78, 5) is 42.2. The third kappa shape index (κ3) is 5.13. The maximum Gasteiger partial charge on any atom is 0.242 e. The number of ketones is 1. The molecule has 3 aliphatic heterocycles. The van der Waals surface area contributed by atoms with Gasteiger partial charge in [-0.25, -0.2) is 0 Å². The van der Waals surface area contributed by atoms with E-state index < -0.39 is 11.6 Å². The Hall–Kier alpha value is -2.45. The SMILES string of the molecule is CC(C(=O)NCCCN1CCOCC1)N1CCC2(CCC1=O)CC(=O)c1ccccc1O2. The second kappa shape index (κ2) is 10.0. The van der Waals surface area contributed by atoms with Gasteiger partial charge in [-0.3, -0.25) is 19.3 Å². The molecule has 2 atom stereocenters. The van der Waals surface area contributed by atoms with Crippen molar-refractivity contribution in [1.82, 2.24) is 15.1 Å². The number of carbonyl (C=O) groups excluding carboxylic acids is 3. The van der Waals surface area contributed by atoms with Gasteiger partial charge in [-0.15, -0.1) is 0 Å². The summed E-state index contributed by atoms with van der Waals surface area (Å²) in [7, 11) is 0. The standard InChI is InChI=1S/C24H33N3O5/c1-18(23(30)25-10-4-11-26-13-15-31-16-14-26)27-12-9-24(8-7-22(27)29)17-20(28)19-5-2-3-6-21(19)32-24/h2-3,5-6,18H,4,7-17H2,1H3,(H,25,30). The number of hydrogen-bond acceptors (Lipinski definition) is 6. The minimum Gasteiger partial charge on any atom is -0.486 e. The molecular weight excluding hydrogens is 410 g/mol. The molecule has 2 fully saturated rings. The maximum absolute atomic E-state index is 12.8. The number of morpholine rings is 1. The second-order valence-corrected chi connectivity index (χ2v) is 8.99. The summed E-state index contributed by atoms with van der Waals surface area (Å²) < 4.78 is 11.6. The maximum atomic E-state index is 12.8. The fourth-order valence-electron chi connectivity index (χ4n) is 4.81. The van der Waals surface area contributed by atoms with Gasteiger partial charge >= 0.3 is 0 Å². The molecule has 8 heteroatoms. The Bertz CT molecular complexity index is 854. The third-order valence-corrected chi connectivity index (χ3v) is 6.82. The third-order valence-electron chi connectivity index (χ3n) is 6.82. The van der Waals surface area contributed by atoms with Crippen molar-refractivity contribution in [3.05, 3.63) is 29.8 Å². The molecule has 3 aliphatic rings. The van der Waals surface area contributed by atoms with E-state index in [9.17, 15) is 14.4 Å². The van der Waals surface area contributed by atoms with E-state index >= 15 is 0 Å². The van der Waals surface area contributed by atoms with E-state index in [-0.39, 0.29) is 30.4 Å². The highest BCUT2D eigenvalue weighted by Gasteiger charge is 2.44. The lowest BCUT2D eigenvalue weighted by Gasteiger charge is -2.37. The van der Waals surface area contributed by atoms with E-state index in [0.29, 0.717) is 37.2 Å². The fourth-order valence-corrected chi connectivity index (χ4v) is 4.81. The monoisotopic (exact) mass is 443 g/mol. The number of amides is 2. The fraction of sp³-hybridized carbons (Fsp3) is 0.625. The number of Topliss-reactive ketones (excluding diaryl/α,β-unsaturated/α-hetero) is 1. The Kier molecular flexibility index (Phi) is 7.10. The smallest absolute Gasteiger partial charge is 0.242 e. The summed E-state index contributed by atoms with van der Waals surface area (Å²) in [6.07, 6.45) is 2.42. The molecule has 32 heavy (non-hydrogen) atoms. The number of hydrogen-bond donors (Lipinski definition) is 1. The summed E-state index contributed by atoms with van der Waals surface area (Å²) in [6, 6.07) is 6.73. The molecular formula is C24H33N3O5. The largest absolute Gasteiger partial charge is 0.486 e. The van der Waals surface area contributed by atoms with Crippen LogP contribution in [0.4, 0.5) is 0 Å². The molecule has 1 N–H and O–H groups in total. The van der Waals surface area contributed by atoms with E-state index in [1.807, 2.05) is 18.2 Å². The first-order chi connectivity index (χ1) is 15.5. The van der Waals surface area contributed by atoms with Gasteiger partial charge in [-0.05, 0) is 38.4 Å². The van der Waals surface area contributed by atoms with Gasteiger partial charge in [-0.1, -0.05) is 12.1 Å². The van der Waals surface area contributed by atoms with Crippen LogP contribution >= 0.6 is 0 Å². The van der Waals surface area contributed by atoms with Crippen molar-refractivity contribution in [2.75, 3.05) is 45.9 Å². The first-order valence-electron chi connectivity index (χ1n) is 11.7. The van der Waals surface area contributed by atoms with Crippen molar-refractivity contribution < 1.29 is 23.9 Å². The lowest BCUT2D eigenvalue weighted by Crippen LogP contribution is -2.49. The van der Waals surface area contributed by atoms with Gasteiger partial charge < -0.3 is 19.7 Å². The van der Waals surface area contributed by atoms with Crippen molar-refractivity contribution in [2.45, 2.75) is 50.7 Å². The van der Waals surface area contributed by atoms with Crippen LogP contribution in [0.15, 0.2) is 24.3 Å². The molecule has 0 radical (unpaired) electrons. The minimum absolute atomic E-state index is 0.0545. The number of fused-ring (bicyclic) bond motifs is 1. The topological polar surface area (TPSA) is 88.2 Å². The number of carbonyl (C=O) groups is 3. The van der Waals surface area contributed by atoms with Crippen molar-refractivity contribution in [3.8, 4) is 5.75 Å². The molecule has 3 heterocycles. The summed E-state index contributed by atoms with van der Waals surface area (Å²) >= 11 is 0. The Labute approximate surface area is 189 Å². The van der Waals surface area contributed by atoms with E-state index in [1.165, 1.54) is 0 Å². The highest BCUT2D eigenvalue weighted by atomic mass is 16.5. The van der Waals surface area contributed by atoms with Gasteiger partial charge in [-0.2, -0.15) is 0 Å². The number of ether oxygens (including phenoxy) is 2. The van der Waals surface area contributed by atoms with Crippen LogP contribution in [0.2, 0.25) is 0 Å². The van der Waals surface area contributed by atoms with Gasteiger partial charge in [0.05, 0.1) is 25.2 Å². The minimum atomic E-state index is -0.676. The van der Waals surface area contributed by atoms with Crippen LogP contribution in [0, 0.1) is 0 Å². The van der Waals surface area contributed by atoms with E-state index in [1.54, 1.807) is 17.9 Å². The summed E-state index contributed by atoms with van der Waals surface area (Å²) in [6.45, 7) is 7.08. The summed E-state index contributed by atoms with van der Waals surface area (Å²) in [5.41, 5.74) is -0.0696. The molecule has 2 saturated heterocycles. The molecule has 1 aromatic carbocycles. The normalized spacial score (nSPS) is 25.1. The molecule has 174 valence electrons. The molecule has 1 spiro atoms. The van der Waals surface area contributed by atoms with Crippen LogP contribution in [0.1, 0.15) is 49.4 Å². The van der Waals surface area contributed by atoms with Crippen LogP contribution < -0.4 is 10.1 Å². The highest BCUT2D eigenvalue weighted by molar-refractivity contribution is 6.00. The highest BCUT2D eigenvalue weighted by Crippen LogP contribution is 2.39. The van der Waals surface area contributed by atoms with Crippen molar-refractivity contribution in [3.63, 3.8) is 0 Å². The van der Waals surface area contributed by atoms with E-state index in [2.05, 4.69) is 10.2 Å². The van der Waals surface area contributed by atoms with Gasteiger partial charge in [0.1, 0.15) is 17.4 Å². The number of nitrogens with one attached hydrogen (secondary N) is 1. The van der Waals surface area contributed by atoms with Crippen LogP contribution in [0.5, 0.6) is 5.75 Å². The first-order valence-corrected chi connectivity index (χ1v) is 11.7. The van der Waals surface area contributed by atoms with Crippen molar-refractivity contribution in [1.29, 1.82) is 0 Å². The quantitative estimate of drug-likeness (QED) is 0.673. The zero-order chi connectivity index (χ0) is 22.6. The number of benzene rings is 1. The van der Waals surface area contributed by atoms with Crippen molar-refractivity contribution in [2.24, 2.45) is 0 Å². The van der Waals surface area contributed by atoms with E-state index in [4.69, 9.17) is 9.47 Å². The Balaban J connectivity index is 1.30. The average molecular weight is 444 g/mol. The zero-order valence-electron chi connectivity index (χ0n) is 18.8. The summed E-state index contributed by atoms with van der Waals surface area (Å²) in [5, 5.41) is 2.98. The number of nitrogens with zero attached hydrogens (tertiary/aromatic N) is 2. The predicted octanol–water partition coefficient (Wildman–Crippen LogP) is 1.63. The van der Waals surface area contributed by atoms with E-state index in [0.717, 1.165) is 39.3 Å². The Morgan fingerprint density at radius 1 is 1.16 bits per heavy atom. The van der Waals surface area contributed by atoms with Gasteiger partial charge in [0, 0.05) is 39.0 Å². The number of para-hydroxylation sites is 1. The lowest BCUT2D eigenvalue weighted by atomic mass is 9.84. The Morgan fingerprint density at radius 2 is 1.94 bits per heavy atom. The van der Waals surface area contributed by atoms with Crippen LogP contribution in [0.3, 0.4) is 0 Å². The molecule has 8 nitrogen and oxygen atoms in total. The molecule has 4 rings (SSSR count). The van der Waals surface area contributed by atoms with Gasteiger partial charge in [0.25, 0.3) is 0 Å². The average Bonchev–Trinajstić information content (AvgIpc) is 2.96. The van der Waals surface area contributed by atoms with Crippen LogP contribution in [-0.4, -0.2) is 85.0 Å². The van der Waals surface area contributed by atoms with Gasteiger partial charge in [0.2, 0.25) is 11.8 Å². The van der Waals surface area contributed by atoms with Crippen LogP contribution in [0.25, 0.3) is 0 Å². The first kappa shape index (κ1) is 22.7. The van der Waals surface area contributed by atoms with Gasteiger partial charge in [0.15, 0.2) is 5.78 Å². The Morgan fingerprint density at radius 3 is 2.75 bits per heavy atom.